The molecule has 0 saturated carbocycles. The van der Waals surface area contributed by atoms with Crippen LogP contribution in [0.15, 0.2) is 74.6 Å². The second kappa shape index (κ2) is 8.90. The number of hydrogen-bond acceptors (Lipinski definition) is 0. The third kappa shape index (κ3) is 4.17. The zero-order chi connectivity index (χ0) is 21.2. The van der Waals surface area contributed by atoms with Crippen LogP contribution in [0.3, 0.4) is 0 Å². The number of rotatable bonds is 3. The number of fused-ring (bicyclic) bond motifs is 1. The molecule has 2 atom stereocenters. The molecule has 0 amide bonds. The van der Waals surface area contributed by atoms with E-state index in [0.717, 1.165) is 5.56 Å². The van der Waals surface area contributed by atoms with E-state index in [4.69, 9.17) is 0 Å². The Balaban J connectivity index is 0.00000171. The van der Waals surface area contributed by atoms with Crippen LogP contribution >= 0.6 is 24.8 Å². The van der Waals surface area contributed by atoms with Crippen molar-refractivity contribution in [1.29, 1.82) is 0 Å². The molecule has 4 rings (SSSR count). The summed E-state index contributed by atoms with van der Waals surface area (Å²) in [5.74, 6) is 0.366. The summed E-state index contributed by atoms with van der Waals surface area (Å²) in [5.41, 5.74) is 9.47. The Bertz CT molecular complexity index is 1200. The molecule has 0 bridgehead atoms. The smallest absolute Gasteiger partial charge is 0.147 e. The molecule has 0 saturated heterocycles. The van der Waals surface area contributed by atoms with Gasteiger partial charge in [-0.25, -0.2) is 0 Å². The standard InChI is InChI=1S/C15H10F.C9H13.2CH3.2ClH.H2Si.Zr/c16-13-6-3-5-12(10-13)15-9-8-11-4-1-2-7-14(11)15;1-6-5-7(2)9(4)8(6)3;;;;;;/h1-10H;6H,1-4H3;2*1H3;2*1H;1H2;. The molecule has 2 aliphatic rings. The Hall–Kier alpha value is -0.730. The molecule has 0 spiro atoms. The fourth-order valence-electron chi connectivity index (χ4n) is 5.89. The molecule has 2 aromatic rings. The van der Waals surface area contributed by atoms with Gasteiger partial charge < -0.3 is 0 Å². The molecule has 166 valence electrons. The van der Waals surface area contributed by atoms with Gasteiger partial charge >= 0.3 is 178 Å². The van der Waals surface area contributed by atoms with Gasteiger partial charge in [0.25, 0.3) is 0 Å². The maximum atomic E-state index is 14.0. The molecular formula is C26H33Cl2FSiZr. The van der Waals surface area contributed by atoms with Crippen molar-refractivity contribution in [1.82, 2.24) is 0 Å². The van der Waals surface area contributed by atoms with E-state index >= 15 is 0 Å². The topological polar surface area (TPSA) is 0 Å². The minimum absolute atomic E-state index is 0. The summed E-state index contributed by atoms with van der Waals surface area (Å²) in [7, 11) is 0. The fraction of sp³-hybridized carbons (Fsp3) is 0.308. The SMILES string of the molecule is CC1=C(C)C(C)[C]([Zr]([CH3])([CH3])(=[SiH2])[CH]2C=C(c3cccc(F)c3)c3ccccc32)=C1C.Cl.Cl. The molecule has 31 heavy (non-hydrogen) atoms. The van der Waals surface area contributed by atoms with Crippen LogP contribution in [0.4, 0.5) is 4.39 Å². The Labute approximate surface area is 201 Å². The summed E-state index contributed by atoms with van der Waals surface area (Å²) in [6.07, 6.45) is 2.48. The third-order valence-corrected chi connectivity index (χ3v) is 24.8. The molecule has 5 heteroatoms. The van der Waals surface area contributed by atoms with E-state index in [9.17, 15) is 4.39 Å². The predicted octanol–water partition coefficient (Wildman–Crippen LogP) is 7.75. The minimum atomic E-state index is -3.40. The normalized spacial score (nSPS) is 20.8. The number of benzene rings is 2. The first-order chi connectivity index (χ1) is 13.5. The van der Waals surface area contributed by atoms with Crippen molar-refractivity contribution in [2.24, 2.45) is 5.92 Å². The van der Waals surface area contributed by atoms with Gasteiger partial charge in [0.05, 0.1) is 0 Å². The zero-order valence-electron chi connectivity index (χ0n) is 19.3. The summed E-state index contributed by atoms with van der Waals surface area (Å²) < 4.78 is 21.4. The van der Waals surface area contributed by atoms with Crippen molar-refractivity contribution in [3.8, 4) is 0 Å². The average Bonchev–Trinajstić information content (AvgIpc) is 3.15. The molecule has 2 aliphatic carbocycles. The molecule has 0 fully saturated rings. The average molecular weight is 555 g/mol. The summed E-state index contributed by atoms with van der Waals surface area (Å²) in [6, 6.07) is 15.9. The summed E-state index contributed by atoms with van der Waals surface area (Å²) >= 11 is -3.40. The Morgan fingerprint density at radius 1 is 0.903 bits per heavy atom. The first kappa shape index (κ1) is 26.5. The second-order valence-corrected chi connectivity index (χ2v) is 39.6. The Kier molecular flexibility index (Phi) is 7.61. The fourth-order valence-corrected chi connectivity index (χ4v) is 24.4. The van der Waals surface area contributed by atoms with E-state index in [1.807, 2.05) is 12.1 Å². The van der Waals surface area contributed by atoms with Crippen LogP contribution in [0.2, 0.25) is 9.26 Å². The van der Waals surface area contributed by atoms with E-state index in [1.165, 1.54) is 39.5 Å². The van der Waals surface area contributed by atoms with Crippen molar-refractivity contribution in [2.75, 3.05) is 0 Å². The van der Waals surface area contributed by atoms with Gasteiger partial charge in [-0.05, 0) is 0 Å². The first-order valence-corrected chi connectivity index (χ1v) is 24.0. The molecule has 0 aromatic heterocycles. The zero-order valence-corrected chi connectivity index (χ0v) is 24.8. The molecule has 0 N–H and O–H groups in total. The van der Waals surface area contributed by atoms with Gasteiger partial charge in [0.1, 0.15) is 0 Å². The van der Waals surface area contributed by atoms with Crippen LogP contribution in [0.1, 0.15) is 48.0 Å². The van der Waals surface area contributed by atoms with Gasteiger partial charge in [-0.15, -0.1) is 24.8 Å². The van der Waals surface area contributed by atoms with Crippen molar-refractivity contribution in [3.63, 3.8) is 0 Å². The van der Waals surface area contributed by atoms with Gasteiger partial charge in [0.15, 0.2) is 0 Å². The van der Waals surface area contributed by atoms with E-state index in [1.54, 1.807) is 9.35 Å². The maximum absolute atomic E-state index is 14.0. The Morgan fingerprint density at radius 3 is 2.13 bits per heavy atom. The summed E-state index contributed by atoms with van der Waals surface area (Å²) in [5, 5.41) is 0. The van der Waals surface area contributed by atoms with E-state index in [2.05, 4.69) is 74.2 Å². The minimum Gasteiger partial charge on any atom is -0.147 e. The summed E-state index contributed by atoms with van der Waals surface area (Å²) in [4.78, 5) is 0. The van der Waals surface area contributed by atoms with Gasteiger partial charge in [0.2, 0.25) is 0 Å². The van der Waals surface area contributed by atoms with Crippen LogP contribution in [0.5, 0.6) is 0 Å². The molecule has 0 aliphatic heterocycles. The summed E-state index contributed by atoms with van der Waals surface area (Å²) in [6.45, 7) is 11.7. The molecule has 2 aromatic carbocycles. The van der Waals surface area contributed by atoms with Crippen LogP contribution in [-0.2, 0) is 17.4 Å². The Morgan fingerprint density at radius 2 is 1.55 bits per heavy atom. The van der Waals surface area contributed by atoms with Crippen molar-refractivity contribution < 1.29 is 21.8 Å². The molecular weight excluding hydrogens is 522 g/mol. The van der Waals surface area contributed by atoms with Crippen LogP contribution in [0.25, 0.3) is 5.57 Å². The van der Waals surface area contributed by atoms with Crippen LogP contribution in [-0.4, -0.2) is 6.88 Å². The molecule has 0 heterocycles. The number of allylic oxidation sites excluding steroid dienone is 5. The largest absolute Gasteiger partial charge is 0.147 e. The molecule has 2 unspecified atom stereocenters. The molecule has 0 nitrogen and oxygen atoms in total. The van der Waals surface area contributed by atoms with Crippen molar-refractivity contribution in [2.45, 2.75) is 40.6 Å². The van der Waals surface area contributed by atoms with E-state index in [-0.39, 0.29) is 30.6 Å². The maximum Gasteiger partial charge on any atom is -0.147 e. The first-order valence-electron chi connectivity index (χ1n) is 10.5. The van der Waals surface area contributed by atoms with Gasteiger partial charge in [-0.1, -0.05) is 0 Å². The van der Waals surface area contributed by atoms with Gasteiger partial charge in [-0.3, -0.25) is 0 Å². The van der Waals surface area contributed by atoms with Crippen LogP contribution < -0.4 is 0 Å². The second-order valence-electron chi connectivity index (χ2n) is 10.0. The number of hydrogen-bond donors (Lipinski definition) is 0. The quantitative estimate of drug-likeness (QED) is 0.340. The van der Waals surface area contributed by atoms with Gasteiger partial charge in [0, 0.05) is 0 Å². The van der Waals surface area contributed by atoms with E-state index in [0.29, 0.717) is 9.54 Å². The monoisotopic (exact) mass is 552 g/mol. The molecule has 0 radical (unpaired) electrons. The van der Waals surface area contributed by atoms with E-state index < -0.39 is 17.4 Å². The predicted molar refractivity (Wildman–Crippen MR) is 138 cm³/mol. The van der Waals surface area contributed by atoms with Gasteiger partial charge in [-0.2, -0.15) is 0 Å². The third-order valence-electron chi connectivity index (χ3n) is 7.58. The van der Waals surface area contributed by atoms with Crippen molar-refractivity contribution in [3.05, 3.63) is 97.1 Å². The number of halogens is 3. The van der Waals surface area contributed by atoms with Crippen molar-refractivity contribution >= 4 is 37.3 Å². The van der Waals surface area contributed by atoms with Crippen LogP contribution in [0, 0.1) is 11.7 Å².